The summed E-state index contributed by atoms with van der Waals surface area (Å²) < 4.78 is 34.4. The largest absolute Gasteiger partial charge is 0.504 e. The van der Waals surface area contributed by atoms with Gasteiger partial charge >= 0.3 is 0 Å². The van der Waals surface area contributed by atoms with Crippen LogP contribution in [0.5, 0.6) is 11.5 Å². The molecule has 7 nitrogen and oxygen atoms in total. The molecule has 0 aliphatic carbocycles. The second-order valence-corrected chi connectivity index (χ2v) is 8.42. The summed E-state index contributed by atoms with van der Waals surface area (Å²) in [6.45, 7) is 0.361. The molecule has 3 aromatic rings. The summed E-state index contributed by atoms with van der Waals surface area (Å²) in [5, 5.41) is 16.4. The van der Waals surface area contributed by atoms with Crippen molar-refractivity contribution in [1.82, 2.24) is 0 Å². The lowest BCUT2D eigenvalue weighted by Gasteiger charge is -2.11. The number of methoxy groups -OCH3 is 1. The Morgan fingerprint density at radius 1 is 1.07 bits per heavy atom. The maximum Gasteiger partial charge on any atom is 0.283 e. The number of benzene rings is 3. The van der Waals surface area contributed by atoms with E-state index < -0.39 is 10.0 Å². The molecule has 0 radical (unpaired) electrons. The zero-order valence-corrected chi connectivity index (χ0v) is 17.1. The average molecular weight is 423 g/mol. The number of fused-ring (bicyclic) bond motifs is 1. The molecule has 0 aromatic heterocycles. The van der Waals surface area contributed by atoms with Crippen molar-refractivity contribution in [2.24, 2.45) is 4.40 Å². The first-order valence-corrected chi connectivity index (χ1v) is 10.8. The molecule has 0 saturated carbocycles. The molecule has 3 N–H and O–H groups in total. The predicted molar refractivity (Wildman–Crippen MR) is 117 cm³/mol. The Labute approximate surface area is 175 Å². The summed E-state index contributed by atoms with van der Waals surface area (Å²) >= 11 is 0. The number of aromatic hydroxyl groups is 1. The van der Waals surface area contributed by atoms with Crippen LogP contribution in [0.15, 0.2) is 76.0 Å². The van der Waals surface area contributed by atoms with Crippen LogP contribution >= 0.6 is 0 Å². The fourth-order valence-corrected chi connectivity index (χ4v) is 4.23. The third-order valence-electron chi connectivity index (χ3n) is 4.82. The summed E-state index contributed by atoms with van der Waals surface area (Å²) in [7, 11) is -2.33. The molecule has 8 heteroatoms. The molecule has 1 aliphatic rings. The number of hydrogen-bond acceptors (Lipinski definition) is 5. The first kappa shape index (κ1) is 19.8. The number of nitrogens with one attached hydrogen (secondary N) is 2. The molecule has 0 spiro atoms. The monoisotopic (exact) mass is 423 g/mol. The van der Waals surface area contributed by atoms with Crippen molar-refractivity contribution >= 4 is 27.2 Å². The fourth-order valence-electron chi connectivity index (χ4n) is 3.25. The molecule has 4 rings (SSSR count). The Morgan fingerprint density at radius 3 is 2.57 bits per heavy atom. The Bertz CT molecular complexity index is 1180. The lowest BCUT2D eigenvalue weighted by Crippen LogP contribution is -2.10. The minimum Gasteiger partial charge on any atom is -0.504 e. The maximum absolute atomic E-state index is 12.7. The van der Waals surface area contributed by atoms with Crippen LogP contribution in [0.1, 0.15) is 11.1 Å². The summed E-state index contributed by atoms with van der Waals surface area (Å²) in [4.78, 5) is 0.113. The number of para-hydroxylation sites is 2. The standard InChI is InChI=1S/C22H21N3O4S/c1-29-20-8-4-6-16(22(20)26)14-23-17-9-11-18(12-10-17)30(27,28)25-21-13-15-5-2-3-7-19(15)24-21/h2-12,23,26H,13-14H2,1H3,(H,24,25). The predicted octanol–water partition coefficient (Wildman–Crippen LogP) is 3.77. The van der Waals surface area contributed by atoms with Gasteiger partial charge in [0.1, 0.15) is 5.84 Å². The van der Waals surface area contributed by atoms with Crippen LogP contribution in [0, 0.1) is 0 Å². The Morgan fingerprint density at radius 2 is 1.83 bits per heavy atom. The van der Waals surface area contributed by atoms with Crippen molar-refractivity contribution in [2.75, 3.05) is 17.7 Å². The number of hydrogen-bond donors (Lipinski definition) is 3. The molecule has 0 fully saturated rings. The van der Waals surface area contributed by atoms with Crippen LogP contribution in [-0.4, -0.2) is 26.5 Å². The van der Waals surface area contributed by atoms with Crippen molar-refractivity contribution < 1.29 is 18.3 Å². The van der Waals surface area contributed by atoms with Crippen LogP contribution in [-0.2, 0) is 23.0 Å². The summed E-state index contributed by atoms with van der Waals surface area (Å²) in [5.41, 5.74) is 3.29. The minimum absolute atomic E-state index is 0.0765. The highest BCUT2D eigenvalue weighted by molar-refractivity contribution is 7.90. The molecule has 0 amide bonds. The third-order valence-corrected chi connectivity index (χ3v) is 6.15. The molecular formula is C22H21N3O4S. The van der Waals surface area contributed by atoms with E-state index >= 15 is 0 Å². The SMILES string of the molecule is COc1cccc(CNc2ccc(S(=O)(=O)/N=C3/Cc4ccccc4N3)cc2)c1O. The van der Waals surface area contributed by atoms with Crippen molar-refractivity contribution in [1.29, 1.82) is 0 Å². The Hall–Kier alpha value is -3.52. The van der Waals surface area contributed by atoms with E-state index in [9.17, 15) is 13.5 Å². The lowest BCUT2D eigenvalue weighted by atomic mass is 10.2. The summed E-state index contributed by atoms with van der Waals surface area (Å²) in [5.74, 6) is 0.886. The van der Waals surface area contributed by atoms with Crippen LogP contribution in [0.2, 0.25) is 0 Å². The van der Waals surface area contributed by atoms with Crippen molar-refractivity contribution in [3.8, 4) is 11.5 Å². The summed E-state index contributed by atoms with van der Waals surface area (Å²) in [6.07, 6.45) is 0.457. The van der Waals surface area contributed by atoms with Gasteiger partial charge in [0, 0.05) is 29.9 Å². The van der Waals surface area contributed by atoms with E-state index in [4.69, 9.17) is 4.74 Å². The van der Waals surface area contributed by atoms with Gasteiger partial charge in [0.15, 0.2) is 11.5 Å². The number of nitrogens with zero attached hydrogens (tertiary/aromatic N) is 1. The number of amidine groups is 1. The van der Waals surface area contributed by atoms with E-state index in [1.54, 1.807) is 30.3 Å². The van der Waals surface area contributed by atoms with Gasteiger partial charge in [-0.3, -0.25) is 0 Å². The van der Waals surface area contributed by atoms with Crippen LogP contribution in [0.4, 0.5) is 11.4 Å². The van der Waals surface area contributed by atoms with Crippen molar-refractivity contribution in [3.05, 3.63) is 77.9 Å². The van der Waals surface area contributed by atoms with Crippen LogP contribution in [0.25, 0.3) is 0 Å². The first-order valence-electron chi connectivity index (χ1n) is 9.34. The van der Waals surface area contributed by atoms with E-state index in [0.717, 1.165) is 16.9 Å². The first-order chi connectivity index (χ1) is 14.5. The van der Waals surface area contributed by atoms with Crippen LogP contribution < -0.4 is 15.4 Å². The van der Waals surface area contributed by atoms with Crippen molar-refractivity contribution in [2.45, 2.75) is 17.9 Å². The van der Waals surface area contributed by atoms with E-state index in [1.165, 1.54) is 19.2 Å². The van der Waals surface area contributed by atoms with Gasteiger partial charge in [-0.25, -0.2) is 0 Å². The van der Waals surface area contributed by atoms with Gasteiger partial charge in [0.05, 0.1) is 12.0 Å². The fraction of sp³-hybridized carbons (Fsp3) is 0.136. The highest BCUT2D eigenvalue weighted by atomic mass is 32.2. The van der Waals surface area contributed by atoms with Gasteiger partial charge in [-0.15, -0.1) is 4.40 Å². The van der Waals surface area contributed by atoms with Gasteiger partial charge in [-0.1, -0.05) is 30.3 Å². The molecule has 3 aromatic carbocycles. The topological polar surface area (TPSA) is 100 Å². The highest BCUT2D eigenvalue weighted by Gasteiger charge is 2.20. The van der Waals surface area contributed by atoms with E-state index in [2.05, 4.69) is 15.0 Å². The van der Waals surface area contributed by atoms with Gasteiger partial charge in [0.25, 0.3) is 10.0 Å². The number of ether oxygens (including phenoxy) is 1. The van der Waals surface area contributed by atoms with Gasteiger partial charge in [-0.2, -0.15) is 8.42 Å². The molecular weight excluding hydrogens is 402 g/mol. The third kappa shape index (κ3) is 4.08. The lowest BCUT2D eigenvalue weighted by molar-refractivity contribution is 0.371. The number of anilines is 2. The second kappa shape index (κ2) is 8.08. The van der Waals surface area contributed by atoms with E-state index in [-0.39, 0.29) is 10.6 Å². The van der Waals surface area contributed by atoms with Gasteiger partial charge in [-0.05, 0) is 42.0 Å². The quantitative estimate of drug-likeness (QED) is 0.558. The van der Waals surface area contributed by atoms with Crippen LogP contribution in [0.3, 0.4) is 0 Å². The van der Waals surface area contributed by atoms with Gasteiger partial charge in [0.2, 0.25) is 0 Å². The molecule has 0 unspecified atom stereocenters. The smallest absolute Gasteiger partial charge is 0.283 e. The number of phenolic OH excluding ortho intramolecular Hbond substituents is 1. The zero-order valence-electron chi connectivity index (χ0n) is 16.3. The molecule has 1 aliphatic heterocycles. The highest BCUT2D eigenvalue weighted by Crippen LogP contribution is 2.30. The molecule has 30 heavy (non-hydrogen) atoms. The molecule has 1 heterocycles. The maximum atomic E-state index is 12.7. The number of phenols is 1. The molecule has 154 valence electrons. The molecule has 0 atom stereocenters. The zero-order chi connectivity index (χ0) is 21.1. The normalized spacial score (nSPS) is 14.2. The Kier molecular flexibility index (Phi) is 5.33. The van der Waals surface area contributed by atoms with E-state index in [1.807, 2.05) is 24.3 Å². The minimum atomic E-state index is -3.82. The van der Waals surface area contributed by atoms with E-state index in [0.29, 0.717) is 30.1 Å². The average Bonchev–Trinajstić information content (AvgIpc) is 3.15. The molecule has 0 saturated heterocycles. The summed E-state index contributed by atoms with van der Waals surface area (Å²) in [6, 6.07) is 19.2. The molecule has 0 bridgehead atoms. The number of sulfonamides is 1. The number of rotatable bonds is 6. The van der Waals surface area contributed by atoms with Gasteiger partial charge < -0.3 is 20.5 Å². The van der Waals surface area contributed by atoms with Crippen molar-refractivity contribution in [3.63, 3.8) is 0 Å². The second-order valence-electron chi connectivity index (χ2n) is 6.82. The Balaban J connectivity index is 1.45.